The van der Waals surface area contributed by atoms with Crippen LogP contribution >= 0.6 is 0 Å². The van der Waals surface area contributed by atoms with Crippen LogP contribution in [0, 0.1) is 22.9 Å². The van der Waals surface area contributed by atoms with Gasteiger partial charge in [0.15, 0.2) is 17.6 Å². The zero-order valence-corrected chi connectivity index (χ0v) is 29.4. The van der Waals surface area contributed by atoms with E-state index in [1.165, 1.54) is 53.9 Å². The first-order valence-corrected chi connectivity index (χ1v) is 19.5. The van der Waals surface area contributed by atoms with Crippen molar-refractivity contribution in [2.24, 2.45) is 0 Å². The number of hydrogen-bond acceptors (Lipinski definition) is 0. The molecule has 218 valence electrons. The molecule has 0 bridgehead atoms. The summed E-state index contributed by atoms with van der Waals surface area (Å²) in [7, 11) is -1.40. The fourth-order valence-corrected chi connectivity index (χ4v) is 11.3. The van der Waals surface area contributed by atoms with E-state index in [1.807, 2.05) is 0 Å². The number of hydrogen-bond donors (Lipinski definition) is 0. The Labute approximate surface area is 267 Å². The Morgan fingerprint density at radius 2 is 0.636 bits per heavy atom. The van der Waals surface area contributed by atoms with Crippen molar-refractivity contribution in [2.45, 2.75) is 77.6 Å². The van der Waals surface area contributed by atoms with Crippen molar-refractivity contribution in [3.63, 3.8) is 0 Å². The second-order valence-electron chi connectivity index (χ2n) is 13.4. The van der Waals surface area contributed by atoms with Gasteiger partial charge in [-0.1, -0.05) is 128 Å². The summed E-state index contributed by atoms with van der Waals surface area (Å²) in [6.07, 6.45) is 0. The summed E-state index contributed by atoms with van der Waals surface area (Å²) in [4.78, 5) is 0. The summed E-state index contributed by atoms with van der Waals surface area (Å²) in [6, 6.07) is 31.9. The lowest BCUT2D eigenvalue weighted by Gasteiger charge is -2.15. The SMILES string of the molecule is CC(C)[Si](C#Cc1ccc2c(ccc3c2ccc2c4ccc5cc(C#C[Si](C(C)C)C(C)C)ccc5c4ccc32)c1)C(C)C. The third kappa shape index (κ3) is 5.70. The average molecular weight is 603 g/mol. The van der Waals surface area contributed by atoms with Gasteiger partial charge in [-0.2, -0.15) is 0 Å². The molecule has 0 aliphatic heterocycles. The molecule has 0 saturated carbocycles. The van der Waals surface area contributed by atoms with Gasteiger partial charge in [-0.15, -0.1) is 11.1 Å². The third-order valence-electron chi connectivity index (χ3n) is 9.02. The monoisotopic (exact) mass is 602 g/mol. The molecule has 2 heteroatoms. The van der Waals surface area contributed by atoms with Gasteiger partial charge in [0, 0.05) is 11.1 Å². The maximum atomic E-state index is 3.66. The van der Waals surface area contributed by atoms with Crippen molar-refractivity contribution >= 4 is 71.5 Å². The molecule has 6 aromatic carbocycles. The molecule has 0 heterocycles. The molecule has 0 spiro atoms. The highest BCUT2D eigenvalue weighted by atomic mass is 28.3. The lowest BCUT2D eigenvalue weighted by Crippen LogP contribution is -2.18. The number of benzene rings is 6. The van der Waals surface area contributed by atoms with Crippen LogP contribution in [0.3, 0.4) is 0 Å². The highest BCUT2D eigenvalue weighted by Gasteiger charge is 2.18. The van der Waals surface area contributed by atoms with Crippen molar-refractivity contribution in [1.29, 1.82) is 0 Å². The molecule has 0 N–H and O–H groups in total. The topological polar surface area (TPSA) is 0 Å². The molecule has 6 aromatic rings. The second-order valence-corrected chi connectivity index (χ2v) is 20.4. The van der Waals surface area contributed by atoms with Crippen molar-refractivity contribution in [2.75, 3.05) is 0 Å². The van der Waals surface area contributed by atoms with E-state index in [-0.39, 0.29) is 0 Å². The van der Waals surface area contributed by atoms with Crippen LogP contribution in [0.15, 0.2) is 84.9 Å². The van der Waals surface area contributed by atoms with Gasteiger partial charge >= 0.3 is 0 Å². The van der Waals surface area contributed by atoms with E-state index in [0.29, 0.717) is 22.2 Å². The van der Waals surface area contributed by atoms with E-state index in [0.717, 1.165) is 11.1 Å². The molecule has 2 radical (unpaired) electrons. The minimum Gasteiger partial charge on any atom is -0.127 e. The molecule has 44 heavy (non-hydrogen) atoms. The maximum Gasteiger partial charge on any atom is 0.150 e. The summed E-state index contributed by atoms with van der Waals surface area (Å²) in [6.45, 7) is 18.5. The second kappa shape index (κ2) is 12.3. The first kappa shape index (κ1) is 30.2. The molecule has 0 atom stereocenters. The largest absolute Gasteiger partial charge is 0.150 e. The van der Waals surface area contributed by atoms with Crippen molar-refractivity contribution in [1.82, 2.24) is 0 Å². The smallest absolute Gasteiger partial charge is 0.127 e. The van der Waals surface area contributed by atoms with Crippen molar-refractivity contribution in [3.05, 3.63) is 96.1 Å². The standard InChI is InChI=1S/C42H42Si2/c1-27(2)43(28(3)4)23-21-31-9-13-35-33(25-31)11-15-39-37(35)17-19-42-40-16-12-34-26-32(22-24-44(29(5)6)30(7)8)10-14-36(34)38(40)18-20-41(39)42/h9-20,25-30H,1-8H3. The zero-order chi connectivity index (χ0) is 31.1. The van der Waals surface area contributed by atoms with Gasteiger partial charge in [0.05, 0.1) is 0 Å². The van der Waals surface area contributed by atoms with Gasteiger partial charge < -0.3 is 0 Å². The number of rotatable bonds is 4. The quantitative estimate of drug-likeness (QED) is 0.107. The van der Waals surface area contributed by atoms with Crippen molar-refractivity contribution < 1.29 is 0 Å². The first-order valence-electron chi connectivity index (χ1n) is 16.1. The summed E-state index contributed by atoms with van der Waals surface area (Å²) >= 11 is 0. The lowest BCUT2D eigenvalue weighted by atomic mass is 9.92. The Morgan fingerprint density at radius 3 is 0.955 bits per heavy atom. The van der Waals surface area contributed by atoms with Crippen LogP contribution in [0.1, 0.15) is 66.5 Å². The van der Waals surface area contributed by atoms with Gasteiger partial charge in [-0.05, 0) is 100 Å². The fourth-order valence-electron chi connectivity index (χ4n) is 6.87. The summed E-state index contributed by atoms with van der Waals surface area (Å²) < 4.78 is 0. The lowest BCUT2D eigenvalue weighted by molar-refractivity contribution is 0.954. The van der Waals surface area contributed by atoms with E-state index in [2.05, 4.69) is 163 Å². The molecule has 0 amide bonds. The minimum atomic E-state index is -0.699. The molecule has 0 aromatic heterocycles. The molecule has 0 aliphatic carbocycles. The average Bonchev–Trinajstić information content (AvgIpc) is 2.99. The summed E-state index contributed by atoms with van der Waals surface area (Å²) in [5.41, 5.74) is 12.2. The minimum absolute atomic E-state index is 0.657. The van der Waals surface area contributed by atoms with E-state index in [4.69, 9.17) is 0 Å². The highest BCUT2D eigenvalue weighted by molar-refractivity contribution is 6.70. The van der Waals surface area contributed by atoms with Crippen LogP contribution in [0.25, 0.3) is 53.9 Å². The van der Waals surface area contributed by atoms with Crippen LogP contribution in [0.5, 0.6) is 0 Å². The van der Waals surface area contributed by atoms with Gasteiger partial charge in [-0.25, -0.2) is 0 Å². The Bertz CT molecular complexity index is 1990. The van der Waals surface area contributed by atoms with Crippen LogP contribution in [0.4, 0.5) is 0 Å². The molecule has 0 nitrogen and oxygen atoms in total. The highest BCUT2D eigenvalue weighted by Crippen LogP contribution is 2.37. The van der Waals surface area contributed by atoms with Gasteiger partial charge in [-0.3, -0.25) is 0 Å². The third-order valence-corrected chi connectivity index (χ3v) is 14.8. The van der Waals surface area contributed by atoms with Crippen LogP contribution in [0.2, 0.25) is 22.2 Å². The summed E-state index contributed by atoms with van der Waals surface area (Å²) in [5, 5.41) is 12.9. The maximum absolute atomic E-state index is 3.66. The van der Waals surface area contributed by atoms with E-state index >= 15 is 0 Å². The Balaban J connectivity index is 1.41. The fraction of sp³-hybridized carbons (Fsp3) is 0.286. The van der Waals surface area contributed by atoms with Crippen LogP contribution in [-0.2, 0) is 0 Å². The zero-order valence-electron chi connectivity index (χ0n) is 27.4. The van der Waals surface area contributed by atoms with Gasteiger partial charge in [0.2, 0.25) is 0 Å². The Kier molecular flexibility index (Phi) is 8.43. The molecule has 0 aliphatic rings. The normalized spacial score (nSPS) is 12.0. The molecule has 0 saturated heterocycles. The predicted octanol–water partition coefficient (Wildman–Crippen LogP) is 11.9. The van der Waals surface area contributed by atoms with Gasteiger partial charge in [0.1, 0.15) is 0 Å². The van der Waals surface area contributed by atoms with Crippen LogP contribution < -0.4 is 0 Å². The van der Waals surface area contributed by atoms with E-state index in [9.17, 15) is 0 Å². The molecular weight excluding hydrogens is 561 g/mol. The molecule has 0 fully saturated rings. The predicted molar refractivity (Wildman–Crippen MR) is 200 cm³/mol. The van der Waals surface area contributed by atoms with E-state index < -0.39 is 17.6 Å². The Hall–Kier alpha value is -3.83. The number of fused-ring (bicyclic) bond motifs is 9. The molecule has 0 unspecified atom stereocenters. The Morgan fingerprint density at radius 1 is 0.364 bits per heavy atom. The van der Waals surface area contributed by atoms with E-state index in [1.54, 1.807) is 0 Å². The van der Waals surface area contributed by atoms with Crippen molar-refractivity contribution in [3.8, 4) is 22.9 Å². The molecule has 6 rings (SSSR count). The van der Waals surface area contributed by atoms with Crippen LogP contribution in [-0.4, -0.2) is 17.6 Å². The van der Waals surface area contributed by atoms with Gasteiger partial charge in [0.25, 0.3) is 0 Å². The molecular formula is C42H42Si2. The first-order chi connectivity index (χ1) is 21.1. The summed E-state index contributed by atoms with van der Waals surface area (Å²) in [5.74, 6) is 7.05.